The average molecular weight is 379 g/mol. The molecule has 0 fully saturated rings. The molecular formula is C19H13N3O4S. The van der Waals surface area contributed by atoms with Gasteiger partial charge in [0.15, 0.2) is 5.76 Å². The summed E-state index contributed by atoms with van der Waals surface area (Å²) in [5.41, 5.74) is 8.43. The smallest absolute Gasteiger partial charge is 0.270 e. The molecule has 27 heavy (non-hydrogen) atoms. The summed E-state index contributed by atoms with van der Waals surface area (Å²) in [5, 5.41) is 14.4. The van der Waals surface area contributed by atoms with Gasteiger partial charge in [-0.15, -0.1) is 11.3 Å². The van der Waals surface area contributed by atoms with Gasteiger partial charge in [-0.1, -0.05) is 18.2 Å². The molecule has 2 heterocycles. The zero-order chi connectivity index (χ0) is 19.1. The highest BCUT2D eigenvalue weighted by Crippen LogP contribution is 2.33. The molecule has 8 heteroatoms. The Morgan fingerprint density at radius 2 is 2.07 bits per heavy atom. The Hall–Kier alpha value is -3.52. The summed E-state index contributed by atoms with van der Waals surface area (Å²) in [6.07, 6.45) is 0. The van der Waals surface area contributed by atoms with Crippen LogP contribution in [0.15, 0.2) is 52.3 Å². The highest BCUT2D eigenvalue weighted by atomic mass is 32.1. The summed E-state index contributed by atoms with van der Waals surface area (Å²) in [7, 11) is 0. The monoisotopic (exact) mass is 379 g/mol. The molecule has 0 saturated carbocycles. The number of hydrogen-bond acceptors (Lipinski definition) is 7. The number of thiazole rings is 1. The van der Waals surface area contributed by atoms with Crippen LogP contribution in [0, 0.1) is 17.0 Å². The van der Waals surface area contributed by atoms with Crippen molar-refractivity contribution in [2.45, 2.75) is 6.92 Å². The molecule has 0 radical (unpaired) electrons. The Kier molecular flexibility index (Phi) is 3.97. The summed E-state index contributed by atoms with van der Waals surface area (Å²) in [6.45, 7) is 1.92. The quantitative estimate of drug-likeness (QED) is 0.315. The minimum atomic E-state index is -0.555. The van der Waals surface area contributed by atoms with Gasteiger partial charge in [0.25, 0.3) is 5.69 Å². The maximum atomic E-state index is 12.8. The van der Waals surface area contributed by atoms with Gasteiger partial charge in [0.2, 0.25) is 5.78 Å². The van der Waals surface area contributed by atoms with E-state index in [0.717, 1.165) is 16.3 Å². The number of nitro benzene ring substituents is 1. The number of nitrogen functional groups attached to an aromatic ring is 1. The predicted molar refractivity (Wildman–Crippen MR) is 103 cm³/mol. The van der Waals surface area contributed by atoms with Crippen molar-refractivity contribution in [2.24, 2.45) is 0 Å². The zero-order valence-electron chi connectivity index (χ0n) is 14.1. The van der Waals surface area contributed by atoms with E-state index >= 15 is 0 Å². The van der Waals surface area contributed by atoms with E-state index in [0.29, 0.717) is 11.0 Å². The standard InChI is InChI=1S/C19H13N3O4S/c1-10-21-15(9-27-10)11-5-6-14-16(8-11)26-19(17(14)20)18(23)12-3-2-4-13(7-12)22(24)25/h2-9H,20H2,1H3. The normalized spacial score (nSPS) is 11.0. The van der Waals surface area contributed by atoms with E-state index in [1.165, 1.54) is 24.3 Å². The number of nitro groups is 1. The van der Waals surface area contributed by atoms with Gasteiger partial charge in [-0.25, -0.2) is 4.98 Å². The van der Waals surface area contributed by atoms with E-state index in [4.69, 9.17) is 10.2 Å². The van der Waals surface area contributed by atoms with Gasteiger partial charge in [-0.3, -0.25) is 14.9 Å². The molecule has 7 nitrogen and oxygen atoms in total. The van der Waals surface area contributed by atoms with E-state index in [-0.39, 0.29) is 22.7 Å². The number of fused-ring (bicyclic) bond motifs is 1. The first-order chi connectivity index (χ1) is 12.9. The number of non-ortho nitro benzene ring substituents is 1. The van der Waals surface area contributed by atoms with Crippen LogP contribution in [0.3, 0.4) is 0 Å². The molecule has 0 saturated heterocycles. The third kappa shape index (κ3) is 2.96. The molecule has 0 aliphatic rings. The number of nitrogens with zero attached hydrogens (tertiary/aromatic N) is 2. The van der Waals surface area contributed by atoms with Gasteiger partial charge in [-0.2, -0.15) is 0 Å². The lowest BCUT2D eigenvalue weighted by molar-refractivity contribution is -0.384. The number of carbonyl (C=O) groups is 1. The molecule has 134 valence electrons. The van der Waals surface area contributed by atoms with Crippen LogP contribution in [0.1, 0.15) is 21.1 Å². The topological polar surface area (TPSA) is 112 Å². The van der Waals surface area contributed by atoms with Crippen LogP contribution >= 0.6 is 11.3 Å². The number of furan rings is 1. The fourth-order valence-electron chi connectivity index (χ4n) is 2.83. The first kappa shape index (κ1) is 16.9. The molecule has 2 aromatic heterocycles. The number of hydrogen-bond donors (Lipinski definition) is 1. The fraction of sp³-hybridized carbons (Fsp3) is 0.0526. The largest absolute Gasteiger partial charge is 0.450 e. The third-order valence-corrected chi connectivity index (χ3v) is 4.94. The number of aromatic nitrogens is 1. The minimum Gasteiger partial charge on any atom is -0.450 e. The summed E-state index contributed by atoms with van der Waals surface area (Å²) in [6, 6.07) is 10.9. The van der Waals surface area contributed by atoms with Crippen molar-refractivity contribution in [1.82, 2.24) is 4.98 Å². The molecule has 0 amide bonds. The van der Waals surface area contributed by atoms with Crippen LogP contribution in [0.25, 0.3) is 22.2 Å². The lowest BCUT2D eigenvalue weighted by Crippen LogP contribution is -2.03. The number of nitrogens with two attached hydrogens (primary N) is 1. The molecular weight excluding hydrogens is 366 g/mol. The Morgan fingerprint density at radius 3 is 2.78 bits per heavy atom. The van der Waals surface area contributed by atoms with E-state index in [2.05, 4.69) is 4.98 Å². The van der Waals surface area contributed by atoms with Gasteiger partial charge in [-0.05, 0) is 19.1 Å². The summed E-state index contributed by atoms with van der Waals surface area (Å²) < 4.78 is 5.72. The molecule has 2 aromatic carbocycles. The number of aryl methyl sites for hydroxylation is 1. The van der Waals surface area contributed by atoms with Crippen molar-refractivity contribution in [3.05, 3.63) is 74.3 Å². The number of rotatable bonds is 4. The first-order valence-electron chi connectivity index (χ1n) is 7.97. The van der Waals surface area contributed by atoms with Crippen LogP contribution < -0.4 is 5.73 Å². The highest BCUT2D eigenvalue weighted by Gasteiger charge is 2.22. The second-order valence-corrected chi connectivity index (χ2v) is 7.01. The van der Waals surface area contributed by atoms with E-state index in [1.807, 2.05) is 18.4 Å². The summed E-state index contributed by atoms with van der Waals surface area (Å²) in [4.78, 5) is 27.6. The number of anilines is 1. The van der Waals surface area contributed by atoms with Crippen LogP contribution in [0.2, 0.25) is 0 Å². The Bertz CT molecular complexity index is 1210. The SMILES string of the molecule is Cc1nc(-c2ccc3c(N)c(C(=O)c4cccc([N+](=O)[O-])c4)oc3c2)cs1. The van der Waals surface area contributed by atoms with Gasteiger partial charge in [0.05, 0.1) is 21.3 Å². The van der Waals surface area contributed by atoms with Crippen LogP contribution in [-0.2, 0) is 0 Å². The molecule has 0 bridgehead atoms. The minimum absolute atomic E-state index is 0.0305. The third-order valence-electron chi connectivity index (χ3n) is 4.17. The molecule has 0 atom stereocenters. The Balaban J connectivity index is 1.78. The predicted octanol–water partition coefficient (Wildman–Crippen LogP) is 4.59. The molecule has 0 aliphatic carbocycles. The van der Waals surface area contributed by atoms with Crippen molar-refractivity contribution in [3.8, 4) is 11.3 Å². The number of carbonyl (C=O) groups excluding carboxylic acids is 1. The lowest BCUT2D eigenvalue weighted by Gasteiger charge is -1.99. The average Bonchev–Trinajstić information content (AvgIpc) is 3.24. The Labute approximate surface area is 157 Å². The fourth-order valence-corrected chi connectivity index (χ4v) is 3.45. The van der Waals surface area contributed by atoms with E-state index < -0.39 is 10.7 Å². The second-order valence-electron chi connectivity index (χ2n) is 5.94. The van der Waals surface area contributed by atoms with Gasteiger partial charge < -0.3 is 10.2 Å². The molecule has 0 spiro atoms. The molecule has 0 unspecified atom stereocenters. The van der Waals surface area contributed by atoms with Gasteiger partial charge in [0, 0.05) is 34.0 Å². The van der Waals surface area contributed by atoms with Crippen molar-refractivity contribution in [1.29, 1.82) is 0 Å². The second kappa shape index (κ2) is 6.33. The van der Waals surface area contributed by atoms with Crippen LogP contribution in [0.4, 0.5) is 11.4 Å². The van der Waals surface area contributed by atoms with Crippen molar-refractivity contribution in [2.75, 3.05) is 5.73 Å². The number of ketones is 1. The van der Waals surface area contributed by atoms with Gasteiger partial charge >= 0.3 is 0 Å². The maximum Gasteiger partial charge on any atom is 0.270 e. The van der Waals surface area contributed by atoms with E-state index in [1.54, 1.807) is 23.5 Å². The molecule has 0 aliphatic heterocycles. The molecule has 4 aromatic rings. The molecule has 4 rings (SSSR count). The van der Waals surface area contributed by atoms with Crippen LogP contribution in [0.5, 0.6) is 0 Å². The zero-order valence-corrected chi connectivity index (χ0v) is 14.9. The first-order valence-corrected chi connectivity index (χ1v) is 8.85. The van der Waals surface area contributed by atoms with E-state index in [9.17, 15) is 14.9 Å². The maximum absolute atomic E-state index is 12.8. The van der Waals surface area contributed by atoms with Gasteiger partial charge in [0.1, 0.15) is 5.58 Å². The highest BCUT2D eigenvalue weighted by molar-refractivity contribution is 7.09. The summed E-state index contributed by atoms with van der Waals surface area (Å²) in [5.74, 6) is -0.532. The van der Waals surface area contributed by atoms with Crippen LogP contribution in [-0.4, -0.2) is 15.7 Å². The van der Waals surface area contributed by atoms with Crippen molar-refractivity contribution in [3.63, 3.8) is 0 Å². The van der Waals surface area contributed by atoms with Crippen molar-refractivity contribution >= 4 is 39.5 Å². The van der Waals surface area contributed by atoms with Crippen molar-refractivity contribution < 1.29 is 14.1 Å². The Morgan fingerprint density at radius 1 is 1.26 bits per heavy atom. The molecule has 2 N–H and O–H groups in total. The summed E-state index contributed by atoms with van der Waals surface area (Å²) >= 11 is 1.54. The lowest BCUT2D eigenvalue weighted by atomic mass is 10.1. The number of benzene rings is 2.